The first-order valence-electron chi connectivity index (χ1n) is 12.4. The average Bonchev–Trinajstić information content (AvgIpc) is 2.67. The van der Waals surface area contributed by atoms with Crippen molar-refractivity contribution in [3.8, 4) is 0 Å². The number of rotatable bonds is 23. The molecule has 0 saturated heterocycles. The van der Waals surface area contributed by atoms with Crippen LogP contribution in [0.15, 0.2) is 0 Å². The molecule has 0 radical (unpaired) electrons. The molecule has 0 amide bonds. The Kier molecular flexibility index (Phi) is 21.4. The van der Waals surface area contributed by atoms with Crippen LogP contribution in [0.3, 0.4) is 0 Å². The molecule has 0 rings (SSSR count). The number of phosphoric ester groups is 1. The summed E-state index contributed by atoms with van der Waals surface area (Å²) in [5.41, 5.74) is 0. The van der Waals surface area contributed by atoms with E-state index in [1.807, 2.05) is 0 Å². The smallest absolute Gasteiger partial charge is 0.303 e. The Bertz CT molecular complexity index is 358. The number of hydrogen-bond acceptors (Lipinski definition) is 3. The fourth-order valence-electron chi connectivity index (χ4n) is 3.72. The molecule has 5 nitrogen and oxygen atoms in total. The normalized spacial score (nSPS) is 12.2. The summed E-state index contributed by atoms with van der Waals surface area (Å²) in [4.78, 5) is 20.1. The van der Waals surface area contributed by atoms with E-state index in [0.717, 1.165) is 19.4 Å². The van der Waals surface area contributed by atoms with Gasteiger partial charge in [0.05, 0.1) is 6.61 Å². The van der Waals surface area contributed by atoms with E-state index < -0.39 is 7.82 Å². The summed E-state index contributed by atoms with van der Waals surface area (Å²) in [5.74, 6) is 0. The SMILES string of the molecule is CCCCCCCCCN(CCCCCCCCC)CCCCCOP(=O)(O)O. The number of nitrogens with zero attached hydrogens (tertiary/aromatic N) is 1. The lowest BCUT2D eigenvalue weighted by Crippen LogP contribution is -2.27. The van der Waals surface area contributed by atoms with Crippen molar-refractivity contribution in [2.24, 2.45) is 0 Å². The van der Waals surface area contributed by atoms with Gasteiger partial charge in [0.2, 0.25) is 0 Å². The Morgan fingerprint density at radius 2 is 0.931 bits per heavy atom. The lowest BCUT2D eigenvalue weighted by atomic mass is 10.1. The van der Waals surface area contributed by atoms with Crippen LogP contribution in [0.1, 0.15) is 123 Å². The number of hydrogen-bond donors (Lipinski definition) is 2. The second-order valence-corrected chi connectivity index (χ2v) is 9.71. The molecule has 0 atom stereocenters. The summed E-state index contributed by atoms with van der Waals surface area (Å²) in [7, 11) is -4.30. The molecule has 0 aliphatic rings. The molecule has 0 spiro atoms. The molecule has 29 heavy (non-hydrogen) atoms. The molecule has 0 heterocycles. The van der Waals surface area contributed by atoms with Gasteiger partial charge in [-0.3, -0.25) is 4.52 Å². The van der Waals surface area contributed by atoms with Gasteiger partial charge in [0.25, 0.3) is 0 Å². The van der Waals surface area contributed by atoms with Crippen LogP contribution in [-0.2, 0) is 9.09 Å². The van der Waals surface area contributed by atoms with Crippen LogP contribution < -0.4 is 0 Å². The fraction of sp³-hybridized carbons (Fsp3) is 1.00. The summed E-state index contributed by atoms with van der Waals surface area (Å²) in [5, 5.41) is 0. The van der Waals surface area contributed by atoms with Gasteiger partial charge in [-0.1, -0.05) is 90.9 Å². The first-order valence-corrected chi connectivity index (χ1v) is 13.9. The van der Waals surface area contributed by atoms with Gasteiger partial charge >= 0.3 is 7.82 Å². The number of phosphoric acid groups is 1. The van der Waals surface area contributed by atoms with Gasteiger partial charge < -0.3 is 14.7 Å². The molecule has 0 aromatic heterocycles. The van der Waals surface area contributed by atoms with Crippen LogP contribution in [0.2, 0.25) is 0 Å². The van der Waals surface area contributed by atoms with Crippen molar-refractivity contribution in [3.05, 3.63) is 0 Å². The molecule has 0 aliphatic heterocycles. The Morgan fingerprint density at radius 3 is 1.31 bits per heavy atom. The minimum atomic E-state index is -4.30. The first kappa shape index (κ1) is 29.1. The highest BCUT2D eigenvalue weighted by atomic mass is 31.2. The predicted octanol–water partition coefficient (Wildman–Crippen LogP) is 7.07. The first-order chi connectivity index (χ1) is 14.0. The van der Waals surface area contributed by atoms with Crippen molar-refractivity contribution in [2.45, 2.75) is 123 Å². The predicted molar refractivity (Wildman–Crippen MR) is 124 cm³/mol. The molecular weight excluding hydrogens is 385 g/mol. The van der Waals surface area contributed by atoms with E-state index in [9.17, 15) is 4.57 Å². The molecule has 0 bridgehead atoms. The van der Waals surface area contributed by atoms with E-state index in [0.29, 0.717) is 6.42 Å². The average molecular weight is 436 g/mol. The van der Waals surface area contributed by atoms with Gasteiger partial charge in [-0.05, 0) is 51.7 Å². The van der Waals surface area contributed by atoms with Gasteiger partial charge in [-0.25, -0.2) is 4.57 Å². The van der Waals surface area contributed by atoms with Crippen molar-refractivity contribution in [2.75, 3.05) is 26.2 Å². The summed E-state index contributed by atoms with van der Waals surface area (Å²) in [6, 6.07) is 0. The summed E-state index contributed by atoms with van der Waals surface area (Å²) in [6.07, 6.45) is 21.7. The summed E-state index contributed by atoms with van der Waals surface area (Å²) < 4.78 is 15.2. The quantitative estimate of drug-likeness (QED) is 0.133. The minimum Gasteiger partial charge on any atom is -0.303 e. The fourth-order valence-corrected chi connectivity index (χ4v) is 4.09. The van der Waals surface area contributed by atoms with Crippen molar-refractivity contribution in [3.63, 3.8) is 0 Å². The molecule has 0 saturated carbocycles. The standard InChI is InChI=1S/C23H50NO4P/c1-3-5-7-9-11-13-16-20-24(21-17-14-12-10-8-6-4-2)22-18-15-19-23-28-29(25,26)27/h3-23H2,1-2H3,(H2,25,26,27). The van der Waals surface area contributed by atoms with E-state index in [2.05, 4.69) is 23.3 Å². The monoisotopic (exact) mass is 435 g/mol. The molecular formula is C23H50NO4P. The third-order valence-corrected chi connectivity index (χ3v) is 6.05. The van der Waals surface area contributed by atoms with E-state index >= 15 is 0 Å². The zero-order valence-corrected chi connectivity index (χ0v) is 20.3. The molecule has 0 fully saturated rings. The zero-order valence-electron chi connectivity index (χ0n) is 19.5. The van der Waals surface area contributed by atoms with Gasteiger partial charge in [-0.2, -0.15) is 0 Å². The van der Waals surface area contributed by atoms with Crippen LogP contribution in [0.25, 0.3) is 0 Å². The van der Waals surface area contributed by atoms with Crippen molar-refractivity contribution < 1.29 is 18.9 Å². The van der Waals surface area contributed by atoms with Crippen molar-refractivity contribution in [1.82, 2.24) is 4.90 Å². The topological polar surface area (TPSA) is 70.0 Å². The Labute approximate surface area is 181 Å². The second kappa shape index (κ2) is 21.3. The zero-order chi connectivity index (χ0) is 21.6. The maximum Gasteiger partial charge on any atom is 0.469 e. The number of unbranched alkanes of at least 4 members (excludes halogenated alkanes) is 14. The van der Waals surface area contributed by atoms with E-state index in [-0.39, 0.29) is 6.61 Å². The van der Waals surface area contributed by atoms with Crippen molar-refractivity contribution in [1.29, 1.82) is 0 Å². The maximum absolute atomic E-state index is 10.7. The Hall–Kier alpha value is 0.0700. The second-order valence-electron chi connectivity index (χ2n) is 8.47. The van der Waals surface area contributed by atoms with Crippen LogP contribution >= 0.6 is 7.82 Å². The minimum absolute atomic E-state index is 0.153. The summed E-state index contributed by atoms with van der Waals surface area (Å²) >= 11 is 0. The molecule has 6 heteroatoms. The molecule has 0 unspecified atom stereocenters. The lowest BCUT2D eigenvalue weighted by Gasteiger charge is -2.22. The largest absolute Gasteiger partial charge is 0.469 e. The van der Waals surface area contributed by atoms with Crippen LogP contribution in [0, 0.1) is 0 Å². The molecule has 2 N–H and O–H groups in total. The summed E-state index contributed by atoms with van der Waals surface area (Å²) in [6.45, 7) is 8.17. The van der Waals surface area contributed by atoms with E-state index in [1.54, 1.807) is 0 Å². The van der Waals surface area contributed by atoms with Gasteiger partial charge in [0, 0.05) is 0 Å². The Balaban J connectivity index is 3.90. The van der Waals surface area contributed by atoms with E-state index in [4.69, 9.17) is 9.79 Å². The van der Waals surface area contributed by atoms with Crippen LogP contribution in [-0.4, -0.2) is 40.9 Å². The molecule has 0 aliphatic carbocycles. The van der Waals surface area contributed by atoms with Gasteiger partial charge in [0.1, 0.15) is 0 Å². The molecule has 0 aromatic carbocycles. The lowest BCUT2D eigenvalue weighted by molar-refractivity contribution is 0.191. The highest BCUT2D eigenvalue weighted by Gasteiger charge is 2.12. The van der Waals surface area contributed by atoms with Gasteiger partial charge in [-0.15, -0.1) is 0 Å². The van der Waals surface area contributed by atoms with Gasteiger partial charge in [0.15, 0.2) is 0 Å². The van der Waals surface area contributed by atoms with Crippen molar-refractivity contribution >= 4 is 7.82 Å². The highest BCUT2D eigenvalue weighted by molar-refractivity contribution is 7.46. The molecule has 0 aromatic rings. The maximum atomic E-state index is 10.7. The van der Waals surface area contributed by atoms with Crippen LogP contribution in [0.4, 0.5) is 0 Å². The highest BCUT2D eigenvalue weighted by Crippen LogP contribution is 2.35. The third kappa shape index (κ3) is 24.2. The van der Waals surface area contributed by atoms with Crippen LogP contribution in [0.5, 0.6) is 0 Å². The third-order valence-electron chi connectivity index (χ3n) is 5.53. The molecule has 176 valence electrons. The van der Waals surface area contributed by atoms with E-state index in [1.165, 1.54) is 103 Å². The Morgan fingerprint density at radius 1 is 0.586 bits per heavy atom.